The SMILES string of the molecule is CNC1CCC(C(C)C)CC1Cc1cccc(F)c1F. The lowest BCUT2D eigenvalue weighted by molar-refractivity contribution is 0.172. The Kier molecular flexibility index (Phi) is 5.14. The van der Waals surface area contributed by atoms with E-state index in [2.05, 4.69) is 19.2 Å². The van der Waals surface area contributed by atoms with Crippen molar-refractivity contribution < 1.29 is 8.78 Å². The van der Waals surface area contributed by atoms with Gasteiger partial charge in [0, 0.05) is 6.04 Å². The highest BCUT2D eigenvalue weighted by Crippen LogP contribution is 2.36. The van der Waals surface area contributed by atoms with Crippen molar-refractivity contribution in [1.82, 2.24) is 5.32 Å². The van der Waals surface area contributed by atoms with Gasteiger partial charge in [-0.2, -0.15) is 0 Å². The summed E-state index contributed by atoms with van der Waals surface area (Å²) in [6.07, 6.45) is 4.07. The minimum atomic E-state index is -0.736. The smallest absolute Gasteiger partial charge is 0.162 e. The molecule has 1 nitrogen and oxygen atoms in total. The van der Waals surface area contributed by atoms with Crippen LogP contribution in [-0.2, 0) is 6.42 Å². The van der Waals surface area contributed by atoms with E-state index in [0.717, 1.165) is 12.8 Å². The zero-order valence-corrected chi connectivity index (χ0v) is 12.6. The van der Waals surface area contributed by atoms with Gasteiger partial charge < -0.3 is 5.32 Å². The van der Waals surface area contributed by atoms with Crippen LogP contribution in [0.3, 0.4) is 0 Å². The summed E-state index contributed by atoms with van der Waals surface area (Å²) in [4.78, 5) is 0. The number of nitrogens with one attached hydrogen (secondary N) is 1. The Balaban J connectivity index is 2.13. The lowest BCUT2D eigenvalue weighted by atomic mass is 9.71. The summed E-state index contributed by atoms with van der Waals surface area (Å²) in [7, 11) is 1.97. The van der Waals surface area contributed by atoms with Crippen molar-refractivity contribution in [2.24, 2.45) is 17.8 Å². The van der Waals surface area contributed by atoms with Crippen molar-refractivity contribution in [2.45, 2.75) is 45.6 Å². The molecule has 0 saturated heterocycles. The van der Waals surface area contributed by atoms with E-state index in [9.17, 15) is 8.78 Å². The summed E-state index contributed by atoms with van der Waals surface area (Å²) in [5.41, 5.74) is 0.514. The van der Waals surface area contributed by atoms with E-state index in [-0.39, 0.29) is 0 Å². The Bertz CT molecular complexity index is 445. The van der Waals surface area contributed by atoms with Crippen molar-refractivity contribution in [3.63, 3.8) is 0 Å². The van der Waals surface area contributed by atoms with Crippen molar-refractivity contribution in [1.29, 1.82) is 0 Å². The van der Waals surface area contributed by atoms with E-state index < -0.39 is 11.6 Å². The van der Waals surface area contributed by atoms with Gasteiger partial charge in [0.1, 0.15) is 0 Å². The quantitative estimate of drug-likeness (QED) is 0.873. The summed E-state index contributed by atoms with van der Waals surface area (Å²) in [6.45, 7) is 4.51. The lowest BCUT2D eigenvalue weighted by Gasteiger charge is -2.38. The van der Waals surface area contributed by atoms with Gasteiger partial charge in [0.15, 0.2) is 11.6 Å². The molecule has 3 heteroatoms. The van der Waals surface area contributed by atoms with Gasteiger partial charge in [0.2, 0.25) is 0 Å². The molecule has 0 heterocycles. The molecular formula is C17H25F2N. The van der Waals surface area contributed by atoms with Crippen LogP contribution in [0.1, 0.15) is 38.7 Å². The van der Waals surface area contributed by atoms with Crippen LogP contribution in [0.15, 0.2) is 18.2 Å². The third kappa shape index (κ3) is 3.38. The zero-order chi connectivity index (χ0) is 14.7. The first-order valence-electron chi connectivity index (χ1n) is 7.63. The second-order valence-electron chi connectivity index (χ2n) is 6.39. The molecule has 0 aromatic heterocycles. The fourth-order valence-corrected chi connectivity index (χ4v) is 3.50. The second-order valence-corrected chi connectivity index (χ2v) is 6.39. The van der Waals surface area contributed by atoms with E-state index in [0.29, 0.717) is 35.8 Å². The molecule has 112 valence electrons. The molecule has 1 aromatic carbocycles. The second kappa shape index (κ2) is 6.66. The predicted octanol–water partition coefficient (Wildman–Crippen LogP) is 4.17. The van der Waals surface area contributed by atoms with Crippen LogP contribution in [0.2, 0.25) is 0 Å². The Morgan fingerprint density at radius 2 is 2.00 bits per heavy atom. The number of hydrogen-bond acceptors (Lipinski definition) is 1. The molecule has 1 saturated carbocycles. The molecule has 1 aliphatic rings. The highest BCUT2D eigenvalue weighted by atomic mass is 19.2. The van der Waals surface area contributed by atoms with Crippen molar-refractivity contribution >= 4 is 0 Å². The minimum absolute atomic E-state index is 0.387. The fraction of sp³-hybridized carbons (Fsp3) is 0.647. The highest BCUT2D eigenvalue weighted by molar-refractivity contribution is 5.20. The number of benzene rings is 1. The predicted molar refractivity (Wildman–Crippen MR) is 78.6 cm³/mol. The molecule has 0 amide bonds. The Hall–Kier alpha value is -0.960. The fourth-order valence-electron chi connectivity index (χ4n) is 3.50. The van der Waals surface area contributed by atoms with Crippen LogP contribution in [0.4, 0.5) is 8.78 Å². The minimum Gasteiger partial charge on any atom is -0.317 e. The molecule has 1 aromatic rings. The summed E-state index contributed by atoms with van der Waals surface area (Å²) in [5, 5.41) is 3.35. The number of hydrogen-bond donors (Lipinski definition) is 1. The van der Waals surface area contributed by atoms with Gasteiger partial charge in [0.05, 0.1) is 0 Å². The molecule has 1 fully saturated rings. The summed E-state index contributed by atoms with van der Waals surface area (Å²) >= 11 is 0. The van der Waals surface area contributed by atoms with Gasteiger partial charge in [-0.25, -0.2) is 8.78 Å². The molecule has 1 aliphatic carbocycles. The van der Waals surface area contributed by atoms with Crippen LogP contribution >= 0.6 is 0 Å². The third-order valence-corrected chi connectivity index (χ3v) is 4.85. The standard InChI is InChI=1S/C17H25F2N/c1-11(2)12-7-8-16(20-3)14(9-12)10-13-5-4-6-15(18)17(13)19/h4-6,11-12,14,16,20H,7-10H2,1-3H3. The van der Waals surface area contributed by atoms with Crippen LogP contribution in [0, 0.1) is 29.4 Å². The first kappa shape index (κ1) is 15.4. The number of halogens is 2. The zero-order valence-electron chi connectivity index (χ0n) is 12.6. The van der Waals surface area contributed by atoms with E-state index >= 15 is 0 Å². The molecule has 3 atom stereocenters. The maximum atomic E-state index is 13.8. The Morgan fingerprint density at radius 1 is 1.25 bits per heavy atom. The molecule has 0 bridgehead atoms. The summed E-state index contributed by atoms with van der Waals surface area (Å²) in [6, 6.07) is 4.91. The average molecular weight is 281 g/mol. The maximum absolute atomic E-state index is 13.8. The Labute approximate surface area is 120 Å². The highest BCUT2D eigenvalue weighted by Gasteiger charge is 2.31. The van der Waals surface area contributed by atoms with E-state index in [1.165, 1.54) is 12.5 Å². The molecule has 3 unspecified atom stereocenters. The third-order valence-electron chi connectivity index (χ3n) is 4.85. The molecule has 2 rings (SSSR count). The molecule has 0 radical (unpaired) electrons. The van der Waals surface area contributed by atoms with Crippen molar-refractivity contribution in [3.8, 4) is 0 Å². The van der Waals surface area contributed by atoms with Crippen molar-refractivity contribution in [2.75, 3.05) is 7.05 Å². The van der Waals surface area contributed by atoms with E-state index in [1.807, 2.05) is 7.05 Å². The molecule has 20 heavy (non-hydrogen) atoms. The summed E-state index contributed by atoms with van der Waals surface area (Å²) < 4.78 is 27.2. The monoisotopic (exact) mass is 281 g/mol. The topological polar surface area (TPSA) is 12.0 Å². The number of rotatable bonds is 4. The first-order chi connectivity index (χ1) is 9.52. The van der Waals surface area contributed by atoms with Gasteiger partial charge in [-0.05, 0) is 62.1 Å². The largest absolute Gasteiger partial charge is 0.317 e. The van der Waals surface area contributed by atoms with Gasteiger partial charge in [-0.15, -0.1) is 0 Å². The van der Waals surface area contributed by atoms with Gasteiger partial charge in [0.25, 0.3) is 0 Å². The maximum Gasteiger partial charge on any atom is 0.162 e. The van der Waals surface area contributed by atoms with Crippen LogP contribution in [0.5, 0.6) is 0 Å². The first-order valence-corrected chi connectivity index (χ1v) is 7.63. The molecular weight excluding hydrogens is 256 g/mol. The van der Waals surface area contributed by atoms with Gasteiger partial charge in [-0.3, -0.25) is 0 Å². The van der Waals surface area contributed by atoms with Gasteiger partial charge in [-0.1, -0.05) is 26.0 Å². The Morgan fingerprint density at radius 3 is 2.65 bits per heavy atom. The van der Waals surface area contributed by atoms with Gasteiger partial charge >= 0.3 is 0 Å². The van der Waals surface area contributed by atoms with Crippen LogP contribution in [0.25, 0.3) is 0 Å². The van der Waals surface area contributed by atoms with Crippen LogP contribution < -0.4 is 5.32 Å². The van der Waals surface area contributed by atoms with Crippen LogP contribution in [-0.4, -0.2) is 13.1 Å². The summed E-state index contributed by atoms with van der Waals surface area (Å²) in [5.74, 6) is 0.333. The molecule has 0 aliphatic heterocycles. The van der Waals surface area contributed by atoms with E-state index in [1.54, 1.807) is 12.1 Å². The van der Waals surface area contributed by atoms with Crippen molar-refractivity contribution in [3.05, 3.63) is 35.4 Å². The van der Waals surface area contributed by atoms with E-state index in [4.69, 9.17) is 0 Å². The lowest BCUT2D eigenvalue weighted by Crippen LogP contribution is -2.40. The average Bonchev–Trinajstić information content (AvgIpc) is 2.43. The molecule has 0 spiro atoms. The molecule has 1 N–H and O–H groups in total. The normalized spacial score (nSPS) is 27.0.